The summed E-state index contributed by atoms with van der Waals surface area (Å²) in [5.41, 5.74) is 6.82. The van der Waals surface area contributed by atoms with E-state index in [1.807, 2.05) is 29.9 Å². The maximum absolute atomic E-state index is 5.64. The van der Waals surface area contributed by atoms with Gasteiger partial charge in [-0.2, -0.15) is 0 Å². The first-order chi connectivity index (χ1) is 9.86. The molecule has 0 radical (unpaired) electrons. The highest BCUT2D eigenvalue weighted by molar-refractivity contribution is 7.10. The van der Waals surface area contributed by atoms with Crippen LogP contribution in [-0.4, -0.2) is 9.97 Å². The number of nitrogens with one attached hydrogen (secondary N) is 1. The standard InChI is InChI=1S/C14H14N4S2/c15-18-11(13-7-16-9-20-13)6-14-17-12(8-19-14)10-4-2-1-3-5-10/h1-5,7-9,11,18H,6,15H2. The summed E-state index contributed by atoms with van der Waals surface area (Å²) in [6.45, 7) is 0. The summed E-state index contributed by atoms with van der Waals surface area (Å²) in [4.78, 5) is 9.91. The molecular weight excluding hydrogens is 288 g/mol. The van der Waals surface area contributed by atoms with Gasteiger partial charge in [0.15, 0.2) is 0 Å². The van der Waals surface area contributed by atoms with E-state index in [1.54, 1.807) is 22.7 Å². The van der Waals surface area contributed by atoms with Gasteiger partial charge in [0.2, 0.25) is 0 Å². The first-order valence-corrected chi connectivity index (χ1v) is 7.97. The van der Waals surface area contributed by atoms with E-state index in [0.717, 1.165) is 27.6 Å². The van der Waals surface area contributed by atoms with Crippen LogP contribution >= 0.6 is 22.7 Å². The third-order valence-corrected chi connectivity index (χ3v) is 4.76. The SMILES string of the molecule is NNC(Cc1nc(-c2ccccc2)cs1)c1cncs1. The molecule has 0 aliphatic heterocycles. The number of nitrogens with zero attached hydrogens (tertiary/aromatic N) is 2. The number of thiazole rings is 2. The molecule has 0 saturated heterocycles. The van der Waals surface area contributed by atoms with Gasteiger partial charge in [-0.25, -0.2) is 4.98 Å². The van der Waals surface area contributed by atoms with Crippen molar-refractivity contribution in [3.8, 4) is 11.3 Å². The third-order valence-electron chi connectivity index (χ3n) is 3.00. The van der Waals surface area contributed by atoms with E-state index < -0.39 is 0 Å². The Hall–Kier alpha value is -1.60. The Morgan fingerprint density at radius 2 is 2.05 bits per heavy atom. The average molecular weight is 302 g/mol. The van der Waals surface area contributed by atoms with E-state index in [0.29, 0.717) is 0 Å². The summed E-state index contributed by atoms with van der Waals surface area (Å²) in [6, 6.07) is 10.3. The Bertz CT molecular complexity index is 649. The van der Waals surface area contributed by atoms with E-state index in [-0.39, 0.29) is 6.04 Å². The first kappa shape index (κ1) is 13.4. The van der Waals surface area contributed by atoms with Crippen LogP contribution in [0.15, 0.2) is 47.4 Å². The number of hydrazine groups is 1. The topological polar surface area (TPSA) is 63.8 Å². The molecule has 6 heteroatoms. The second-order valence-corrected chi connectivity index (χ2v) is 6.18. The molecule has 3 rings (SSSR count). The van der Waals surface area contributed by atoms with Crippen molar-refractivity contribution in [2.24, 2.45) is 5.84 Å². The van der Waals surface area contributed by atoms with E-state index in [9.17, 15) is 0 Å². The van der Waals surface area contributed by atoms with E-state index in [2.05, 4.69) is 32.9 Å². The second-order valence-electron chi connectivity index (χ2n) is 4.32. The first-order valence-electron chi connectivity index (χ1n) is 6.21. The lowest BCUT2D eigenvalue weighted by molar-refractivity contribution is 0.558. The number of hydrogen-bond acceptors (Lipinski definition) is 6. The molecule has 0 saturated carbocycles. The lowest BCUT2D eigenvalue weighted by Crippen LogP contribution is -2.28. The molecule has 1 unspecified atom stereocenters. The number of aromatic nitrogens is 2. The Morgan fingerprint density at radius 1 is 1.20 bits per heavy atom. The van der Waals surface area contributed by atoms with Gasteiger partial charge in [0.1, 0.15) is 0 Å². The predicted molar refractivity (Wildman–Crippen MR) is 83.4 cm³/mol. The Kier molecular flexibility index (Phi) is 4.17. The largest absolute Gasteiger partial charge is 0.271 e. The van der Waals surface area contributed by atoms with Gasteiger partial charge in [0.05, 0.1) is 22.3 Å². The number of hydrogen-bond donors (Lipinski definition) is 2. The minimum Gasteiger partial charge on any atom is -0.271 e. The van der Waals surface area contributed by atoms with Gasteiger partial charge >= 0.3 is 0 Å². The normalized spacial score (nSPS) is 12.4. The molecular formula is C14H14N4S2. The van der Waals surface area contributed by atoms with Crippen molar-refractivity contribution < 1.29 is 0 Å². The van der Waals surface area contributed by atoms with Crippen molar-refractivity contribution in [1.82, 2.24) is 15.4 Å². The van der Waals surface area contributed by atoms with Crippen LogP contribution in [0.2, 0.25) is 0 Å². The molecule has 2 heterocycles. The smallest absolute Gasteiger partial charge is 0.0952 e. The van der Waals surface area contributed by atoms with Crippen molar-refractivity contribution in [2.75, 3.05) is 0 Å². The lowest BCUT2D eigenvalue weighted by atomic mass is 10.2. The zero-order valence-corrected chi connectivity index (χ0v) is 12.3. The van der Waals surface area contributed by atoms with Crippen molar-refractivity contribution in [2.45, 2.75) is 12.5 Å². The van der Waals surface area contributed by atoms with E-state index in [4.69, 9.17) is 5.84 Å². The molecule has 1 atom stereocenters. The predicted octanol–water partition coefficient (Wildman–Crippen LogP) is 3.01. The highest BCUT2D eigenvalue weighted by Crippen LogP contribution is 2.26. The molecule has 3 aromatic rings. The van der Waals surface area contributed by atoms with Crippen LogP contribution in [0.3, 0.4) is 0 Å². The summed E-state index contributed by atoms with van der Waals surface area (Å²) in [5.74, 6) is 5.64. The zero-order valence-electron chi connectivity index (χ0n) is 10.7. The third kappa shape index (κ3) is 2.94. The van der Waals surface area contributed by atoms with Crippen molar-refractivity contribution >= 4 is 22.7 Å². The van der Waals surface area contributed by atoms with Crippen LogP contribution < -0.4 is 11.3 Å². The highest BCUT2D eigenvalue weighted by atomic mass is 32.1. The van der Waals surface area contributed by atoms with Gasteiger partial charge in [0, 0.05) is 28.4 Å². The molecule has 0 spiro atoms. The quantitative estimate of drug-likeness (QED) is 0.562. The second kappa shape index (κ2) is 6.23. The molecule has 0 bridgehead atoms. The molecule has 2 aromatic heterocycles. The van der Waals surface area contributed by atoms with Crippen molar-refractivity contribution in [3.63, 3.8) is 0 Å². The summed E-state index contributed by atoms with van der Waals surface area (Å²) < 4.78 is 0. The van der Waals surface area contributed by atoms with Gasteiger partial charge < -0.3 is 0 Å². The minimum absolute atomic E-state index is 0.0669. The number of nitrogens with two attached hydrogens (primary N) is 1. The molecule has 3 N–H and O–H groups in total. The molecule has 0 fully saturated rings. The fraction of sp³-hybridized carbons (Fsp3) is 0.143. The molecule has 1 aromatic carbocycles. The summed E-state index contributed by atoms with van der Waals surface area (Å²) in [7, 11) is 0. The van der Waals surface area contributed by atoms with Crippen LogP contribution in [-0.2, 0) is 6.42 Å². The Morgan fingerprint density at radius 3 is 2.75 bits per heavy atom. The summed E-state index contributed by atoms with van der Waals surface area (Å²) in [6.07, 6.45) is 2.62. The highest BCUT2D eigenvalue weighted by Gasteiger charge is 2.14. The van der Waals surface area contributed by atoms with Crippen molar-refractivity contribution in [1.29, 1.82) is 0 Å². The maximum atomic E-state index is 5.64. The molecule has 4 nitrogen and oxygen atoms in total. The number of rotatable bonds is 5. The van der Waals surface area contributed by atoms with Gasteiger partial charge in [0.25, 0.3) is 0 Å². The average Bonchev–Trinajstić information content (AvgIpc) is 3.17. The van der Waals surface area contributed by atoms with Crippen LogP contribution in [0.4, 0.5) is 0 Å². The van der Waals surface area contributed by atoms with Crippen LogP contribution in [0.25, 0.3) is 11.3 Å². The molecule has 0 aliphatic carbocycles. The van der Waals surface area contributed by atoms with Gasteiger partial charge in [-0.1, -0.05) is 30.3 Å². The van der Waals surface area contributed by atoms with Gasteiger partial charge in [-0.15, -0.1) is 22.7 Å². The lowest BCUT2D eigenvalue weighted by Gasteiger charge is -2.11. The van der Waals surface area contributed by atoms with Gasteiger partial charge in [-0.05, 0) is 0 Å². The zero-order chi connectivity index (χ0) is 13.8. The monoisotopic (exact) mass is 302 g/mol. The summed E-state index contributed by atoms with van der Waals surface area (Å²) in [5, 5.41) is 3.16. The molecule has 20 heavy (non-hydrogen) atoms. The van der Waals surface area contributed by atoms with E-state index in [1.165, 1.54) is 0 Å². The van der Waals surface area contributed by atoms with E-state index >= 15 is 0 Å². The van der Waals surface area contributed by atoms with Crippen LogP contribution in [0, 0.1) is 0 Å². The van der Waals surface area contributed by atoms with Crippen molar-refractivity contribution in [3.05, 3.63) is 57.3 Å². The fourth-order valence-electron chi connectivity index (χ4n) is 1.96. The Labute approximate surface area is 125 Å². The fourth-order valence-corrected chi connectivity index (χ4v) is 3.49. The van der Waals surface area contributed by atoms with Gasteiger partial charge in [-0.3, -0.25) is 16.3 Å². The molecule has 0 amide bonds. The van der Waals surface area contributed by atoms with Crippen LogP contribution in [0.5, 0.6) is 0 Å². The van der Waals surface area contributed by atoms with Crippen LogP contribution in [0.1, 0.15) is 15.9 Å². The Balaban J connectivity index is 1.77. The summed E-state index contributed by atoms with van der Waals surface area (Å²) >= 11 is 3.26. The molecule has 102 valence electrons. The number of benzene rings is 1. The maximum Gasteiger partial charge on any atom is 0.0952 e. The minimum atomic E-state index is 0.0669. The molecule has 0 aliphatic rings.